The van der Waals surface area contributed by atoms with Crippen LogP contribution in [0.25, 0.3) is 0 Å². The number of anilines is 1. The highest BCUT2D eigenvalue weighted by Crippen LogP contribution is 2.68. The Kier molecular flexibility index (Phi) is 4.76. The van der Waals surface area contributed by atoms with Gasteiger partial charge in [0.05, 0.1) is 29.7 Å². The number of carbonyl (C=O) groups is 2. The van der Waals surface area contributed by atoms with Gasteiger partial charge in [0.25, 0.3) is 0 Å². The molecule has 0 unspecified atom stereocenters. The molecular formula is C27H24N2O5S2. The van der Waals surface area contributed by atoms with E-state index in [1.807, 2.05) is 43.3 Å². The molecule has 1 aromatic heterocycles. The summed E-state index contributed by atoms with van der Waals surface area (Å²) in [6.45, 7) is 1.98. The molecule has 2 bridgehead atoms. The van der Waals surface area contributed by atoms with Gasteiger partial charge in [0.1, 0.15) is 0 Å². The monoisotopic (exact) mass is 520 g/mol. The summed E-state index contributed by atoms with van der Waals surface area (Å²) in [5.74, 6) is -0.313. The number of thiazole rings is 1. The average Bonchev–Trinajstić information content (AvgIpc) is 3.59. The lowest BCUT2D eigenvalue weighted by Crippen LogP contribution is -2.42. The van der Waals surface area contributed by atoms with Gasteiger partial charge in [0.2, 0.25) is 11.8 Å². The molecular weight excluding hydrogens is 496 g/mol. The van der Waals surface area contributed by atoms with Gasteiger partial charge in [-0.15, -0.1) is 11.8 Å². The summed E-state index contributed by atoms with van der Waals surface area (Å²) in [4.78, 5) is 45.1. The van der Waals surface area contributed by atoms with E-state index in [0.717, 1.165) is 27.5 Å². The molecule has 7 atom stereocenters. The number of aromatic hydroxyl groups is 1. The zero-order valence-electron chi connectivity index (χ0n) is 19.6. The molecule has 7 rings (SSSR count). The topological polar surface area (TPSA) is 99.7 Å². The fourth-order valence-corrected chi connectivity index (χ4v) is 10.1. The normalized spacial score (nSPS) is 31.9. The van der Waals surface area contributed by atoms with Gasteiger partial charge < -0.3 is 14.8 Å². The molecule has 2 aliphatic carbocycles. The first-order valence-corrected chi connectivity index (χ1v) is 13.8. The molecule has 4 aliphatic rings. The Labute approximate surface area is 215 Å². The van der Waals surface area contributed by atoms with E-state index in [1.54, 1.807) is 17.8 Å². The van der Waals surface area contributed by atoms with Crippen molar-refractivity contribution < 1.29 is 19.4 Å². The average molecular weight is 521 g/mol. The number of nitrogens with one attached hydrogen (secondary N) is 1. The number of H-pyrrole nitrogens is 1. The Hall–Kier alpha value is -3.04. The molecule has 2 aliphatic heterocycles. The van der Waals surface area contributed by atoms with Crippen LogP contribution in [0.3, 0.4) is 0 Å². The SMILES string of the molecule is COc1cc([C@@H]2c3sc(=O)[nH]c3S[C@@H]3[C@H]4C[C@@H]([C@@H]5C(=O)N(c6ccc(C)cc6)C(=O)[C@H]45)[C@H]23)ccc1O. The molecule has 2 amide bonds. The summed E-state index contributed by atoms with van der Waals surface area (Å²) in [5.41, 5.74) is 2.67. The molecule has 2 aromatic carbocycles. The quantitative estimate of drug-likeness (QED) is 0.504. The van der Waals surface area contributed by atoms with Crippen LogP contribution >= 0.6 is 23.1 Å². The van der Waals surface area contributed by atoms with Crippen LogP contribution in [0.15, 0.2) is 52.3 Å². The lowest BCUT2D eigenvalue weighted by atomic mass is 9.68. The van der Waals surface area contributed by atoms with Gasteiger partial charge in [-0.1, -0.05) is 35.1 Å². The van der Waals surface area contributed by atoms with E-state index in [0.29, 0.717) is 11.4 Å². The first kappa shape index (κ1) is 22.2. The second-order valence-electron chi connectivity index (χ2n) is 10.2. The number of benzene rings is 2. The number of hydrogen-bond acceptors (Lipinski definition) is 7. The minimum atomic E-state index is -0.343. The van der Waals surface area contributed by atoms with Crippen molar-refractivity contribution in [2.75, 3.05) is 12.0 Å². The van der Waals surface area contributed by atoms with Crippen molar-refractivity contribution in [1.82, 2.24) is 4.98 Å². The van der Waals surface area contributed by atoms with E-state index >= 15 is 0 Å². The Morgan fingerprint density at radius 1 is 1.03 bits per heavy atom. The highest BCUT2D eigenvalue weighted by Gasteiger charge is 2.69. The van der Waals surface area contributed by atoms with E-state index in [1.165, 1.54) is 23.3 Å². The molecule has 0 spiro atoms. The minimum Gasteiger partial charge on any atom is -0.504 e. The molecule has 0 radical (unpaired) electrons. The fourth-order valence-electron chi connectivity index (χ4n) is 7.23. The molecule has 3 fully saturated rings. The van der Waals surface area contributed by atoms with Gasteiger partial charge in [-0.25, -0.2) is 0 Å². The lowest BCUT2D eigenvalue weighted by molar-refractivity contribution is -0.123. The van der Waals surface area contributed by atoms with Gasteiger partial charge in [-0.05, 0) is 60.9 Å². The fraction of sp³-hybridized carbons (Fsp3) is 0.370. The number of phenols is 1. The van der Waals surface area contributed by atoms with Gasteiger partial charge >= 0.3 is 4.87 Å². The number of aromatic amines is 1. The highest BCUT2D eigenvalue weighted by atomic mass is 32.2. The molecule has 9 heteroatoms. The predicted molar refractivity (Wildman–Crippen MR) is 137 cm³/mol. The second-order valence-corrected chi connectivity index (χ2v) is 12.4. The summed E-state index contributed by atoms with van der Waals surface area (Å²) in [7, 11) is 1.52. The standard InChI is InChI=1S/C27H24N2O5S2/c1-11-3-6-13(7-4-11)29-25(31)20-14-10-15(21(20)26(29)32)22-19(14)18(23-24(35-22)28-27(33)36-23)12-5-8-16(30)17(9-12)34-2/h3-9,14-15,18-22,30H,10H2,1-2H3,(H,28,33)/t14-,15+,18+,19-,20+,21-,22-/m1/s1. The van der Waals surface area contributed by atoms with Crippen LogP contribution < -0.4 is 14.5 Å². The number of hydrogen-bond donors (Lipinski definition) is 2. The molecule has 3 aromatic rings. The van der Waals surface area contributed by atoms with Crippen LogP contribution in [0.1, 0.15) is 28.3 Å². The number of thioether (sulfide) groups is 1. The van der Waals surface area contributed by atoms with Crippen molar-refractivity contribution in [3.63, 3.8) is 0 Å². The summed E-state index contributed by atoms with van der Waals surface area (Å²) in [6.07, 6.45) is 0.835. The molecule has 3 heterocycles. The number of amides is 2. The maximum Gasteiger partial charge on any atom is 0.305 e. The number of carbonyl (C=O) groups excluding carboxylic acids is 2. The van der Waals surface area contributed by atoms with Crippen LogP contribution in [-0.2, 0) is 9.59 Å². The maximum absolute atomic E-state index is 13.8. The molecule has 36 heavy (non-hydrogen) atoms. The van der Waals surface area contributed by atoms with Gasteiger partial charge in [-0.2, -0.15) is 0 Å². The Bertz CT molecular complexity index is 1480. The number of imide groups is 1. The van der Waals surface area contributed by atoms with Gasteiger partial charge in [0, 0.05) is 16.0 Å². The number of aryl methyl sites for hydroxylation is 1. The van der Waals surface area contributed by atoms with Crippen molar-refractivity contribution >= 4 is 40.6 Å². The zero-order chi connectivity index (χ0) is 24.9. The Balaban J connectivity index is 1.33. The van der Waals surface area contributed by atoms with Crippen LogP contribution in [-0.4, -0.2) is 34.3 Å². The van der Waals surface area contributed by atoms with Crippen LogP contribution in [0.4, 0.5) is 5.69 Å². The largest absolute Gasteiger partial charge is 0.504 e. The molecule has 1 saturated heterocycles. The van der Waals surface area contributed by atoms with E-state index in [4.69, 9.17) is 4.74 Å². The van der Waals surface area contributed by atoms with Crippen molar-refractivity contribution in [2.45, 2.75) is 29.5 Å². The third-order valence-corrected chi connectivity index (χ3v) is 11.2. The number of phenolic OH excluding ortho intramolecular Hbond substituents is 1. The number of nitrogens with zero attached hydrogens (tertiary/aromatic N) is 1. The summed E-state index contributed by atoms with van der Waals surface area (Å²) < 4.78 is 5.39. The van der Waals surface area contributed by atoms with E-state index in [-0.39, 0.29) is 63.2 Å². The second kappa shape index (κ2) is 7.73. The first-order chi connectivity index (χ1) is 17.4. The van der Waals surface area contributed by atoms with E-state index in [2.05, 4.69) is 4.98 Å². The van der Waals surface area contributed by atoms with Gasteiger partial charge in [0.15, 0.2) is 11.5 Å². The zero-order valence-corrected chi connectivity index (χ0v) is 21.3. The van der Waals surface area contributed by atoms with Gasteiger partial charge in [-0.3, -0.25) is 19.3 Å². The Morgan fingerprint density at radius 2 is 1.75 bits per heavy atom. The molecule has 2 saturated carbocycles. The van der Waals surface area contributed by atoms with Crippen LogP contribution in [0, 0.1) is 36.5 Å². The van der Waals surface area contributed by atoms with Crippen molar-refractivity contribution in [3.05, 3.63) is 68.1 Å². The number of aromatic nitrogens is 1. The third kappa shape index (κ3) is 2.90. The van der Waals surface area contributed by atoms with E-state index < -0.39 is 0 Å². The highest BCUT2D eigenvalue weighted by molar-refractivity contribution is 8.00. The van der Waals surface area contributed by atoms with Crippen molar-refractivity contribution in [1.29, 1.82) is 0 Å². The summed E-state index contributed by atoms with van der Waals surface area (Å²) in [5, 5.41) is 11.2. The summed E-state index contributed by atoms with van der Waals surface area (Å²) in [6, 6.07) is 12.9. The number of ether oxygens (including phenoxy) is 1. The van der Waals surface area contributed by atoms with Crippen molar-refractivity contribution in [3.8, 4) is 11.5 Å². The third-order valence-electron chi connectivity index (χ3n) is 8.58. The predicted octanol–water partition coefficient (Wildman–Crippen LogP) is 4.14. The molecule has 7 nitrogen and oxygen atoms in total. The first-order valence-electron chi connectivity index (χ1n) is 12.1. The number of methoxy groups -OCH3 is 1. The Morgan fingerprint density at radius 3 is 2.47 bits per heavy atom. The maximum atomic E-state index is 13.8. The van der Waals surface area contributed by atoms with E-state index in [9.17, 15) is 19.5 Å². The lowest BCUT2D eigenvalue weighted by Gasteiger charge is -2.43. The molecule has 2 N–H and O–H groups in total. The minimum absolute atomic E-state index is 0.0412. The smallest absolute Gasteiger partial charge is 0.305 e. The molecule has 184 valence electrons. The number of fused-ring (bicyclic) bond motifs is 9. The van der Waals surface area contributed by atoms with Crippen LogP contribution in [0.5, 0.6) is 11.5 Å². The van der Waals surface area contributed by atoms with Crippen LogP contribution in [0.2, 0.25) is 0 Å². The number of rotatable bonds is 3. The van der Waals surface area contributed by atoms with Crippen molar-refractivity contribution in [2.24, 2.45) is 29.6 Å². The summed E-state index contributed by atoms with van der Waals surface area (Å²) >= 11 is 2.88.